The van der Waals surface area contributed by atoms with Crippen molar-refractivity contribution in [3.05, 3.63) is 33.1 Å². The molecule has 1 fully saturated rings. The summed E-state index contributed by atoms with van der Waals surface area (Å²) in [4.78, 5) is 28.3. The Balaban J connectivity index is 2.26. The van der Waals surface area contributed by atoms with Crippen LogP contribution in [0.2, 0.25) is 5.15 Å². The number of aromatic nitrogens is 1. The van der Waals surface area contributed by atoms with E-state index in [9.17, 15) is 14.9 Å². The van der Waals surface area contributed by atoms with Crippen LogP contribution in [0, 0.1) is 10.1 Å². The maximum Gasteiger partial charge on any atom is 0.300 e. The van der Waals surface area contributed by atoms with E-state index in [1.165, 1.54) is 18.9 Å². The van der Waals surface area contributed by atoms with E-state index in [4.69, 9.17) is 11.6 Å². The number of hydrogen-bond donors (Lipinski definition) is 0. The van der Waals surface area contributed by atoms with Crippen LogP contribution >= 0.6 is 11.6 Å². The molecule has 7 heteroatoms. The number of rotatable bonds is 3. The van der Waals surface area contributed by atoms with Gasteiger partial charge < -0.3 is 4.90 Å². The summed E-state index contributed by atoms with van der Waals surface area (Å²) in [5, 5.41) is 11.1. The highest BCUT2D eigenvalue weighted by Gasteiger charge is 2.28. The lowest BCUT2D eigenvalue weighted by Gasteiger charge is -2.27. The van der Waals surface area contributed by atoms with Gasteiger partial charge in [-0.05, 0) is 18.9 Å². The Morgan fingerprint density at radius 3 is 2.57 bits per heavy atom. The van der Waals surface area contributed by atoms with Gasteiger partial charge in [0.2, 0.25) is 0 Å². The fourth-order valence-electron chi connectivity index (χ4n) is 2.74. The second-order valence-corrected chi connectivity index (χ2v) is 5.73. The highest BCUT2D eigenvalue weighted by Crippen LogP contribution is 2.26. The zero-order valence-corrected chi connectivity index (χ0v) is 12.7. The minimum Gasteiger partial charge on any atom is -0.339 e. The zero-order chi connectivity index (χ0) is 15.4. The lowest BCUT2D eigenvalue weighted by Crippen LogP contribution is -2.37. The van der Waals surface area contributed by atoms with Crippen LogP contribution in [-0.2, 0) is 0 Å². The molecule has 1 aromatic rings. The minimum absolute atomic E-state index is 0.00625. The molecule has 1 aliphatic rings. The quantitative estimate of drug-likeness (QED) is 0.371. The van der Waals surface area contributed by atoms with Gasteiger partial charge in [0.05, 0.1) is 4.92 Å². The molecule has 0 aliphatic heterocycles. The third-order valence-corrected chi connectivity index (χ3v) is 4.18. The first-order chi connectivity index (χ1) is 10.0. The third-order valence-electron chi connectivity index (χ3n) is 3.97. The number of nitrogens with zero attached hydrogens (tertiary/aromatic N) is 3. The third kappa shape index (κ3) is 3.69. The van der Waals surface area contributed by atoms with Gasteiger partial charge in [0.15, 0.2) is 0 Å². The largest absolute Gasteiger partial charge is 0.339 e. The van der Waals surface area contributed by atoms with Crippen LogP contribution in [0.15, 0.2) is 12.3 Å². The zero-order valence-electron chi connectivity index (χ0n) is 11.9. The van der Waals surface area contributed by atoms with Crippen LogP contribution in [0.1, 0.15) is 48.9 Å². The van der Waals surface area contributed by atoms with E-state index in [1.54, 1.807) is 11.9 Å². The maximum atomic E-state index is 12.6. The first-order valence-electron chi connectivity index (χ1n) is 7.08. The summed E-state index contributed by atoms with van der Waals surface area (Å²) in [6.45, 7) is 0. The monoisotopic (exact) mass is 311 g/mol. The standard InChI is InChI=1S/C14H18ClN3O3/c1-17(10-6-4-2-3-5-7-10)14(19)11-8-13(15)16-9-12(11)18(20)21/h8-10H,2-7H2,1H3. The van der Waals surface area contributed by atoms with Crippen LogP contribution in [-0.4, -0.2) is 33.8 Å². The molecule has 1 aromatic heterocycles. The molecule has 1 amide bonds. The molecule has 1 saturated carbocycles. The van der Waals surface area contributed by atoms with Crippen LogP contribution < -0.4 is 0 Å². The number of amides is 1. The average Bonchev–Trinajstić information content (AvgIpc) is 2.74. The van der Waals surface area contributed by atoms with Crippen molar-refractivity contribution in [2.75, 3.05) is 7.05 Å². The predicted octanol–water partition coefficient (Wildman–Crippen LogP) is 3.44. The summed E-state index contributed by atoms with van der Waals surface area (Å²) in [6.07, 6.45) is 7.45. The Bertz CT molecular complexity index is 542. The van der Waals surface area contributed by atoms with Gasteiger partial charge in [-0.15, -0.1) is 0 Å². The van der Waals surface area contributed by atoms with E-state index in [2.05, 4.69) is 4.98 Å². The van der Waals surface area contributed by atoms with E-state index in [-0.39, 0.29) is 28.4 Å². The summed E-state index contributed by atoms with van der Waals surface area (Å²) < 4.78 is 0. The van der Waals surface area contributed by atoms with Crippen molar-refractivity contribution in [1.82, 2.24) is 9.88 Å². The summed E-state index contributed by atoms with van der Waals surface area (Å²) in [5.41, 5.74) is -0.295. The minimum atomic E-state index is -0.600. The van der Waals surface area contributed by atoms with Gasteiger partial charge in [-0.1, -0.05) is 37.3 Å². The van der Waals surface area contributed by atoms with Gasteiger partial charge in [0.1, 0.15) is 16.9 Å². The number of halogens is 1. The van der Waals surface area contributed by atoms with Crippen molar-refractivity contribution in [2.24, 2.45) is 0 Å². The second kappa shape index (κ2) is 6.85. The van der Waals surface area contributed by atoms with Crippen LogP contribution in [0.25, 0.3) is 0 Å². The Labute approximate surface area is 128 Å². The highest BCUT2D eigenvalue weighted by atomic mass is 35.5. The van der Waals surface area contributed by atoms with E-state index in [0.29, 0.717) is 0 Å². The number of pyridine rings is 1. The Morgan fingerprint density at radius 2 is 2.00 bits per heavy atom. The van der Waals surface area contributed by atoms with Crippen LogP contribution in [0.4, 0.5) is 5.69 Å². The summed E-state index contributed by atoms with van der Waals surface area (Å²) in [5.74, 6) is -0.363. The smallest absolute Gasteiger partial charge is 0.300 e. The fourth-order valence-corrected chi connectivity index (χ4v) is 2.90. The normalized spacial score (nSPS) is 16.3. The van der Waals surface area contributed by atoms with E-state index in [1.807, 2.05) is 0 Å². The number of hydrogen-bond acceptors (Lipinski definition) is 4. The van der Waals surface area contributed by atoms with Crippen molar-refractivity contribution in [3.63, 3.8) is 0 Å². The second-order valence-electron chi connectivity index (χ2n) is 5.34. The topological polar surface area (TPSA) is 76.3 Å². The molecule has 0 atom stereocenters. The van der Waals surface area contributed by atoms with Gasteiger partial charge in [-0.3, -0.25) is 14.9 Å². The molecule has 21 heavy (non-hydrogen) atoms. The van der Waals surface area contributed by atoms with Crippen molar-refractivity contribution in [3.8, 4) is 0 Å². The Morgan fingerprint density at radius 1 is 1.38 bits per heavy atom. The Kier molecular flexibility index (Phi) is 5.12. The lowest BCUT2D eigenvalue weighted by atomic mass is 10.1. The maximum absolute atomic E-state index is 12.6. The fraction of sp³-hybridized carbons (Fsp3) is 0.571. The van der Waals surface area contributed by atoms with Gasteiger partial charge in [-0.2, -0.15) is 0 Å². The van der Waals surface area contributed by atoms with Gasteiger partial charge >= 0.3 is 0 Å². The molecular formula is C14H18ClN3O3. The number of carbonyl (C=O) groups is 1. The number of nitro groups is 1. The molecule has 0 aromatic carbocycles. The molecular weight excluding hydrogens is 294 g/mol. The molecule has 1 heterocycles. The van der Waals surface area contributed by atoms with E-state index >= 15 is 0 Å². The molecule has 2 rings (SSSR count). The van der Waals surface area contributed by atoms with Crippen molar-refractivity contribution < 1.29 is 9.72 Å². The molecule has 0 bridgehead atoms. The van der Waals surface area contributed by atoms with Crippen LogP contribution in [0.3, 0.4) is 0 Å². The average molecular weight is 312 g/mol. The molecule has 0 saturated heterocycles. The molecule has 0 radical (unpaired) electrons. The summed E-state index contributed by atoms with van der Waals surface area (Å²) in [6, 6.07) is 1.40. The lowest BCUT2D eigenvalue weighted by molar-refractivity contribution is -0.385. The first-order valence-corrected chi connectivity index (χ1v) is 7.45. The first kappa shape index (κ1) is 15.7. The van der Waals surface area contributed by atoms with Crippen molar-refractivity contribution in [2.45, 2.75) is 44.6 Å². The molecule has 0 unspecified atom stereocenters. The van der Waals surface area contributed by atoms with Gasteiger partial charge in [0, 0.05) is 13.1 Å². The number of carbonyl (C=O) groups excluding carboxylic acids is 1. The van der Waals surface area contributed by atoms with Gasteiger partial charge in [0.25, 0.3) is 11.6 Å². The Hall–Kier alpha value is -1.69. The molecule has 0 spiro atoms. The SMILES string of the molecule is CN(C(=O)c1cc(Cl)ncc1[N+](=O)[O-])C1CCCCCC1. The molecule has 0 N–H and O–H groups in total. The summed E-state index contributed by atoms with van der Waals surface area (Å²) >= 11 is 5.78. The van der Waals surface area contributed by atoms with Gasteiger partial charge in [-0.25, -0.2) is 4.98 Å². The van der Waals surface area contributed by atoms with Crippen LogP contribution in [0.5, 0.6) is 0 Å². The predicted molar refractivity (Wildman–Crippen MR) is 79.5 cm³/mol. The summed E-state index contributed by atoms with van der Waals surface area (Å²) in [7, 11) is 1.70. The highest BCUT2D eigenvalue weighted by molar-refractivity contribution is 6.29. The molecule has 6 nitrogen and oxygen atoms in total. The van der Waals surface area contributed by atoms with E-state index < -0.39 is 4.92 Å². The van der Waals surface area contributed by atoms with E-state index in [0.717, 1.165) is 31.9 Å². The molecule has 1 aliphatic carbocycles. The van der Waals surface area contributed by atoms with Crippen molar-refractivity contribution >= 4 is 23.2 Å². The molecule has 114 valence electrons. The van der Waals surface area contributed by atoms with Crippen molar-refractivity contribution in [1.29, 1.82) is 0 Å².